The van der Waals surface area contributed by atoms with E-state index in [0.29, 0.717) is 6.61 Å². The average molecular weight is 244 g/mol. The van der Waals surface area contributed by atoms with Crippen molar-refractivity contribution in [3.05, 3.63) is 48.3 Å². The molecule has 1 aromatic carbocycles. The van der Waals surface area contributed by atoms with Gasteiger partial charge < -0.3 is 19.8 Å². The number of para-hydroxylation sites is 2. The van der Waals surface area contributed by atoms with E-state index in [0.717, 1.165) is 24.6 Å². The summed E-state index contributed by atoms with van der Waals surface area (Å²) in [5, 5.41) is 3.36. The Kier molecular flexibility index (Phi) is 3.19. The molecule has 0 saturated heterocycles. The molecule has 2 N–H and O–H groups in total. The fourth-order valence-electron chi connectivity index (χ4n) is 2.01. The normalized spacial score (nSPS) is 17.7. The number of hydrogen-bond acceptors (Lipinski definition) is 3. The first-order valence-electron chi connectivity index (χ1n) is 6.13. The minimum Gasteiger partial charge on any atom is -0.486 e. The quantitative estimate of drug-likeness (QED) is 0.864. The molecule has 0 fully saturated rings. The SMILES string of the molecule is c1ccc2c(c1)OCC(CNCc1cc[nH]c1)O2. The summed E-state index contributed by atoms with van der Waals surface area (Å²) in [4.78, 5) is 3.04. The zero-order valence-corrected chi connectivity index (χ0v) is 10.1. The van der Waals surface area contributed by atoms with Gasteiger partial charge in [0.05, 0.1) is 0 Å². The van der Waals surface area contributed by atoms with Crippen LogP contribution in [-0.2, 0) is 6.54 Å². The Hall–Kier alpha value is -1.94. The fraction of sp³-hybridized carbons (Fsp3) is 0.286. The van der Waals surface area contributed by atoms with E-state index in [1.54, 1.807) is 0 Å². The van der Waals surface area contributed by atoms with Crippen molar-refractivity contribution in [2.24, 2.45) is 0 Å². The summed E-state index contributed by atoms with van der Waals surface area (Å²) in [5.74, 6) is 1.66. The second-order valence-corrected chi connectivity index (χ2v) is 4.35. The number of fused-ring (bicyclic) bond motifs is 1. The number of aromatic nitrogens is 1. The van der Waals surface area contributed by atoms with Gasteiger partial charge in [-0.25, -0.2) is 0 Å². The Morgan fingerprint density at radius 1 is 1.22 bits per heavy atom. The van der Waals surface area contributed by atoms with Crippen LogP contribution in [0.4, 0.5) is 0 Å². The summed E-state index contributed by atoms with van der Waals surface area (Å²) in [7, 11) is 0. The Balaban J connectivity index is 1.51. The third kappa shape index (κ3) is 2.49. The van der Waals surface area contributed by atoms with Crippen molar-refractivity contribution in [2.75, 3.05) is 13.2 Å². The van der Waals surface area contributed by atoms with Crippen molar-refractivity contribution in [3.8, 4) is 11.5 Å². The van der Waals surface area contributed by atoms with E-state index in [4.69, 9.17) is 9.47 Å². The summed E-state index contributed by atoms with van der Waals surface area (Å²) >= 11 is 0. The lowest BCUT2D eigenvalue weighted by molar-refractivity contribution is 0.0902. The van der Waals surface area contributed by atoms with Crippen molar-refractivity contribution in [3.63, 3.8) is 0 Å². The maximum atomic E-state index is 5.86. The molecule has 4 heteroatoms. The van der Waals surface area contributed by atoms with Gasteiger partial charge in [-0.05, 0) is 23.8 Å². The highest BCUT2D eigenvalue weighted by molar-refractivity contribution is 5.40. The number of rotatable bonds is 4. The van der Waals surface area contributed by atoms with Gasteiger partial charge in [0.15, 0.2) is 11.5 Å². The highest BCUT2D eigenvalue weighted by Crippen LogP contribution is 2.30. The highest BCUT2D eigenvalue weighted by Gasteiger charge is 2.19. The van der Waals surface area contributed by atoms with E-state index >= 15 is 0 Å². The predicted molar refractivity (Wildman–Crippen MR) is 68.9 cm³/mol. The monoisotopic (exact) mass is 244 g/mol. The van der Waals surface area contributed by atoms with E-state index in [9.17, 15) is 0 Å². The largest absolute Gasteiger partial charge is 0.486 e. The van der Waals surface area contributed by atoms with Crippen LogP contribution in [0.2, 0.25) is 0 Å². The molecular weight excluding hydrogens is 228 g/mol. The van der Waals surface area contributed by atoms with Crippen molar-refractivity contribution in [1.82, 2.24) is 10.3 Å². The minimum atomic E-state index is 0.0684. The molecule has 2 aromatic rings. The zero-order valence-electron chi connectivity index (χ0n) is 10.1. The molecule has 0 radical (unpaired) electrons. The second-order valence-electron chi connectivity index (χ2n) is 4.35. The van der Waals surface area contributed by atoms with Gasteiger partial charge in [0.25, 0.3) is 0 Å². The minimum absolute atomic E-state index is 0.0684. The Morgan fingerprint density at radius 2 is 2.11 bits per heavy atom. The van der Waals surface area contributed by atoms with Crippen LogP contribution < -0.4 is 14.8 Å². The van der Waals surface area contributed by atoms with Crippen molar-refractivity contribution < 1.29 is 9.47 Å². The van der Waals surface area contributed by atoms with Crippen LogP contribution in [0.25, 0.3) is 0 Å². The number of aromatic amines is 1. The van der Waals surface area contributed by atoms with Crippen molar-refractivity contribution >= 4 is 0 Å². The fourth-order valence-corrected chi connectivity index (χ4v) is 2.01. The average Bonchev–Trinajstić information content (AvgIpc) is 2.92. The van der Waals surface area contributed by atoms with E-state index < -0.39 is 0 Å². The molecule has 1 aliphatic rings. The lowest BCUT2D eigenvalue weighted by atomic mass is 10.2. The van der Waals surface area contributed by atoms with E-state index in [1.807, 2.05) is 36.7 Å². The summed E-state index contributed by atoms with van der Waals surface area (Å²) in [5.41, 5.74) is 1.24. The standard InChI is InChI=1S/C14H16N2O2/c1-2-4-14-13(3-1)17-10-12(18-14)9-16-8-11-5-6-15-7-11/h1-7,12,15-16H,8-10H2. The van der Waals surface area contributed by atoms with Crippen molar-refractivity contribution in [2.45, 2.75) is 12.6 Å². The first kappa shape index (κ1) is 11.2. The molecule has 94 valence electrons. The molecule has 2 heterocycles. The zero-order chi connectivity index (χ0) is 12.2. The first-order valence-corrected chi connectivity index (χ1v) is 6.13. The van der Waals surface area contributed by atoms with Gasteiger partial charge >= 0.3 is 0 Å². The van der Waals surface area contributed by atoms with Crippen LogP contribution in [0, 0.1) is 0 Å². The molecular formula is C14H16N2O2. The molecule has 3 rings (SSSR count). The lowest BCUT2D eigenvalue weighted by Gasteiger charge is -2.26. The van der Waals surface area contributed by atoms with Gasteiger partial charge in [0, 0.05) is 25.5 Å². The molecule has 1 aromatic heterocycles. The van der Waals surface area contributed by atoms with E-state index in [2.05, 4.69) is 16.4 Å². The molecule has 0 aliphatic carbocycles. The van der Waals surface area contributed by atoms with Gasteiger partial charge in [-0.1, -0.05) is 12.1 Å². The third-order valence-electron chi connectivity index (χ3n) is 2.93. The maximum absolute atomic E-state index is 5.86. The van der Waals surface area contributed by atoms with Gasteiger partial charge in [0.2, 0.25) is 0 Å². The van der Waals surface area contributed by atoms with E-state index in [-0.39, 0.29) is 6.10 Å². The number of H-pyrrole nitrogens is 1. The molecule has 0 saturated carbocycles. The maximum Gasteiger partial charge on any atom is 0.161 e. The topological polar surface area (TPSA) is 46.3 Å². The highest BCUT2D eigenvalue weighted by atomic mass is 16.6. The van der Waals surface area contributed by atoms with Gasteiger partial charge in [-0.2, -0.15) is 0 Å². The van der Waals surface area contributed by atoms with Crippen LogP contribution >= 0.6 is 0 Å². The summed E-state index contributed by atoms with van der Waals surface area (Å²) in [6.45, 7) is 2.21. The Labute approximate surface area is 106 Å². The number of ether oxygens (including phenoxy) is 2. The molecule has 1 atom stereocenters. The lowest BCUT2D eigenvalue weighted by Crippen LogP contribution is -2.38. The number of nitrogens with one attached hydrogen (secondary N) is 2. The van der Waals surface area contributed by atoms with Gasteiger partial charge in [0.1, 0.15) is 12.7 Å². The van der Waals surface area contributed by atoms with Crippen LogP contribution in [-0.4, -0.2) is 24.2 Å². The molecule has 18 heavy (non-hydrogen) atoms. The van der Waals surface area contributed by atoms with Crippen LogP contribution in [0.5, 0.6) is 11.5 Å². The van der Waals surface area contributed by atoms with Crippen molar-refractivity contribution in [1.29, 1.82) is 0 Å². The molecule has 0 amide bonds. The van der Waals surface area contributed by atoms with Gasteiger partial charge in [-0.15, -0.1) is 0 Å². The molecule has 0 spiro atoms. The second kappa shape index (κ2) is 5.14. The first-order chi connectivity index (χ1) is 8.92. The molecule has 0 bridgehead atoms. The van der Waals surface area contributed by atoms with Crippen LogP contribution in [0.15, 0.2) is 42.7 Å². The number of benzene rings is 1. The third-order valence-corrected chi connectivity index (χ3v) is 2.93. The molecule has 4 nitrogen and oxygen atoms in total. The van der Waals surface area contributed by atoms with E-state index in [1.165, 1.54) is 5.56 Å². The number of hydrogen-bond donors (Lipinski definition) is 2. The Bertz CT molecular complexity index is 496. The predicted octanol–water partition coefficient (Wildman–Crippen LogP) is 1.94. The summed E-state index contributed by atoms with van der Waals surface area (Å²) < 4.78 is 11.5. The van der Waals surface area contributed by atoms with Gasteiger partial charge in [-0.3, -0.25) is 0 Å². The summed E-state index contributed by atoms with van der Waals surface area (Å²) in [6, 6.07) is 9.83. The smallest absolute Gasteiger partial charge is 0.161 e. The Morgan fingerprint density at radius 3 is 2.94 bits per heavy atom. The molecule has 1 aliphatic heterocycles. The molecule has 1 unspecified atom stereocenters. The van der Waals surface area contributed by atoms with Crippen LogP contribution in [0.3, 0.4) is 0 Å². The van der Waals surface area contributed by atoms with Crippen LogP contribution in [0.1, 0.15) is 5.56 Å². The summed E-state index contributed by atoms with van der Waals surface area (Å²) in [6.07, 6.45) is 3.98.